The zero-order valence-electron chi connectivity index (χ0n) is 33.9. The van der Waals surface area contributed by atoms with Gasteiger partial charge in [0.05, 0.1) is 20.4 Å². The number of hydrogen-bond acceptors (Lipinski definition) is 5. The number of hydrogen-bond donors (Lipinski definition) is 0. The lowest BCUT2D eigenvalue weighted by Crippen LogP contribution is -2.09. The molecule has 0 aliphatic heterocycles. The molecule has 0 N–H and O–H groups in total. The summed E-state index contributed by atoms with van der Waals surface area (Å²) in [6.45, 7) is 0. The van der Waals surface area contributed by atoms with Crippen molar-refractivity contribution in [2.24, 2.45) is 0 Å². The number of benzene rings is 9. The van der Waals surface area contributed by atoms with E-state index in [4.69, 9.17) is 9.97 Å². The van der Waals surface area contributed by atoms with Gasteiger partial charge in [0.25, 0.3) is 0 Å². The van der Waals surface area contributed by atoms with E-state index in [0.717, 1.165) is 28.1 Å². The maximum Gasteiger partial charge on any atom is 0.0894 e. The summed E-state index contributed by atoms with van der Waals surface area (Å²) in [6, 6.07) is 73.1. The van der Waals surface area contributed by atoms with Crippen LogP contribution >= 0.6 is 22.7 Å². The van der Waals surface area contributed by atoms with Crippen LogP contribution in [0.4, 0.5) is 17.1 Å². The van der Waals surface area contributed by atoms with Gasteiger partial charge in [-0.3, -0.25) is 9.97 Å². The molecule has 0 atom stereocenters. The molecular weight excluding hydrogens is 803 g/mol. The lowest BCUT2D eigenvalue weighted by molar-refractivity contribution is 1.29. The quantitative estimate of drug-likeness (QED) is 0.156. The summed E-state index contributed by atoms with van der Waals surface area (Å²) in [7, 11) is 0. The first-order valence-corrected chi connectivity index (χ1v) is 22.8. The van der Waals surface area contributed by atoms with Gasteiger partial charge in [0, 0.05) is 60.8 Å². The van der Waals surface area contributed by atoms with Gasteiger partial charge in [-0.05, 0) is 127 Å². The fraction of sp³-hybridized carbons (Fsp3) is 0. The van der Waals surface area contributed by atoms with Gasteiger partial charge in [0.15, 0.2) is 0 Å². The van der Waals surface area contributed by atoms with Crippen LogP contribution in [0.15, 0.2) is 213 Å². The van der Waals surface area contributed by atoms with Gasteiger partial charge >= 0.3 is 0 Å². The predicted octanol–water partition coefficient (Wildman–Crippen LogP) is 17.1. The minimum atomic E-state index is 1.06. The van der Waals surface area contributed by atoms with E-state index < -0.39 is 0 Å². The first-order chi connectivity index (χ1) is 31.2. The first-order valence-electron chi connectivity index (χ1n) is 21.2. The van der Waals surface area contributed by atoms with Gasteiger partial charge in [-0.15, -0.1) is 22.7 Å². The normalized spacial score (nSPS) is 11.8. The van der Waals surface area contributed by atoms with Gasteiger partial charge in [0.1, 0.15) is 0 Å². The fourth-order valence-corrected chi connectivity index (χ4v) is 11.8. The van der Waals surface area contributed by atoms with Crippen molar-refractivity contribution in [1.29, 1.82) is 0 Å². The maximum atomic E-state index is 4.81. The molecule has 13 rings (SSSR count). The summed E-state index contributed by atoms with van der Waals surface area (Å²) in [5.74, 6) is 0. The summed E-state index contributed by atoms with van der Waals surface area (Å²) in [5.41, 5.74) is 12.6. The van der Waals surface area contributed by atoms with Crippen LogP contribution < -0.4 is 4.90 Å². The number of rotatable bonds is 6. The number of thiophene rings is 2. The molecule has 0 aliphatic rings. The van der Waals surface area contributed by atoms with E-state index in [-0.39, 0.29) is 0 Å². The van der Waals surface area contributed by atoms with Gasteiger partial charge in [-0.25, -0.2) is 0 Å². The van der Waals surface area contributed by atoms with Crippen molar-refractivity contribution >= 4 is 113 Å². The SMILES string of the molecule is c1ccc2cc(-c3ccc4c(ccc5cc(N(c6ccc(-c7ccnc8c7sc7ccccc78)cc6)c6ccc(-c7ccnc8c7sc7ccccc78)cc6)ccc54)c3)ccc2c1. The molecule has 0 saturated carbocycles. The zero-order chi connectivity index (χ0) is 41.4. The highest BCUT2D eigenvalue weighted by atomic mass is 32.1. The molecule has 4 heterocycles. The fourth-order valence-electron chi connectivity index (χ4n) is 9.44. The largest absolute Gasteiger partial charge is 0.310 e. The number of aromatic nitrogens is 2. The second-order valence-electron chi connectivity index (χ2n) is 16.2. The minimum Gasteiger partial charge on any atom is -0.310 e. The van der Waals surface area contributed by atoms with E-state index in [1.54, 1.807) is 0 Å². The number of fused-ring (bicyclic) bond motifs is 10. The van der Waals surface area contributed by atoms with Crippen molar-refractivity contribution in [3.05, 3.63) is 213 Å². The van der Waals surface area contributed by atoms with Crippen LogP contribution in [-0.2, 0) is 0 Å². The molecule has 5 heteroatoms. The number of nitrogens with zero attached hydrogens (tertiary/aromatic N) is 3. The van der Waals surface area contributed by atoms with Crippen molar-refractivity contribution in [2.75, 3.05) is 4.90 Å². The molecule has 0 radical (unpaired) electrons. The van der Waals surface area contributed by atoms with Crippen LogP contribution in [-0.4, -0.2) is 9.97 Å². The predicted molar refractivity (Wildman–Crippen MR) is 271 cm³/mol. The molecule has 0 aliphatic carbocycles. The van der Waals surface area contributed by atoms with E-state index in [2.05, 4.69) is 205 Å². The molecule has 294 valence electrons. The number of anilines is 3. The molecule has 0 bridgehead atoms. The lowest BCUT2D eigenvalue weighted by atomic mass is 9.96. The molecule has 0 unspecified atom stereocenters. The van der Waals surface area contributed by atoms with Gasteiger partial charge in [0.2, 0.25) is 0 Å². The second-order valence-corrected chi connectivity index (χ2v) is 18.3. The third-order valence-electron chi connectivity index (χ3n) is 12.6. The summed E-state index contributed by atoms with van der Waals surface area (Å²) in [5, 5.41) is 9.85. The Kier molecular flexibility index (Phi) is 8.26. The van der Waals surface area contributed by atoms with Crippen molar-refractivity contribution in [1.82, 2.24) is 9.97 Å². The standard InChI is InChI=1S/C58H35N3S2/c1-2-8-39-33-40(14-13-36(39)7-1)41-21-27-47-42(34-41)15-16-43-35-46(26-28-48(43)47)61(44-22-17-37(18-23-44)49-29-31-59-55-51-9-3-5-11-53(51)62-57(49)55)45-24-19-38(20-25-45)50-30-32-60-56-52-10-4-6-12-54(52)63-58(50)56/h1-35H. The van der Waals surface area contributed by atoms with Crippen molar-refractivity contribution in [3.8, 4) is 33.4 Å². The minimum absolute atomic E-state index is 1.06. The first kappa shape index (κ1) is 36.0. The highest BCUT2D eigenvalue weighted by Crippen LogP contribution is 2.44. The summed E-state index contributed by atoms with van der Waals surface area (Å²) in [6.07, 6.45) is 3.88. The molecule has 0 fully saturated rings. The Morgan fingerprint density at radius 2 is 0.762 bits per heavy atom. The van der Waals surface area contributed by atoms with Crippen molar-refractivity contribution < 1.29 is 0 Å². The second kappa shape index (κ2) is 14.5. The summed E-state index contributed by atoms with van der Waals surface area (Å²) < 4.78 is 4.95. The van der Waals surface area contributed by atoms with Crippen LogP contribution in [0.1, 0.15) is 0 Å². The highest BCUT2D eigenvalue weighted by molar-refractivity contribution is 7.26. The van der Waals surface area contributed by atoms with Crippen molar-refractivity contribution in [3.63, 3.8) is 0 Å². The summed E-state index contributed by atoms with van der Waals surface area (Å²) >= 11 is 3.63. The molecule has 0 spiro atoms. The van der Waals surface area contributed by atoms with Crippen LogP contribution in [0.25, 0.3) is 106 Å². The van der Waals surface area contributed by atoms with E-state index in [0.29, 0.717) is 0 Å². The Morgan fingerprint density at radius 3 is 1.37 bits per heavy atom. The molecule has 3 nitrogen and oxygen atoms in total. The molecule has 63 heavy (non-hydrogen) atoms. The molecule has 4 aromatic heterocycles. The maximum absolute atomic E-state index is 4.81. The molecule has 0 amide bonds. The molecule has 0 saturated heterocycles. The van der Waals surface area contributed by atoms with Gasteiger partial charge in [-0.1, -0.05) is 127 Å². The average Bonchev–Trinajstić information content (AvgIpc) is 3.93. The van der Waals surface area contributed by atoms with Crippen LogP contribution in [0.2, 0.25) is 0 Å². The molecule has 13 aromatic rings. The van der Waals surface area contributed by atoms with Gasteiger partial charge in [-0.2, -0.15) is 0 Å². The average molecular weight is 838 g/mol. The topological polar surface area (TPSA) is 29.0 Å². The van der Waals surface area contributed by atoms with E-state index in [1.807, 2.05) is 35.1 Å². The van der Waals surface area contributed by atoms with Crippen LogP contribution in [0.3, 0.4) is 0 Å². The van der Waals surface area contributed by atoms with Crippen LogP contribution in [0.5, 0.6) is 0 Å². The zero-order valence-corrected chi connectivity index (χ0v) is 35.5. The monoisotopic (exact) mass is 837 g/mol. The Hall–Kier alpha value is -7.70. The third-order valence-corrected chi connectivity index (χ3v) is 14.9. The van der Waals surface area contributed by atoms with E-state index >= 15 is 0 Å². The smallest absolute Gasteiger partial charge is 0.0894 e. The third kappa shape index (κ3) is 6.00. The molecule has 9 aromatic carbocycles. The lowest BCUT2D eigenvalue weighted by Gasteiger charge is -2.26. The Morgan fingerprint density at radius 1 is 0.317 bits per heavy atom. The van der Waals surface area contributed by atoms with E-state index in [9.17, 15) is 0 Å². The summed E-state index contributed by atoms with van der Waals surface area (Å²) in [4.78, 5) is 12.0. The van der Waals surface area contributed by atoms with Crippen LogP contribution in [0, 0.1) is 0 Å². The highest BCUT2D eigenvalue weighted by Gasteiger charge is 2.18. The van der Waals surface area contributed by atoms with Gasteiger partial charge < -0.3 is 4.90 Å². The molecular formula is C58H35N3S2. The Bertz CT molecular complexity index is 3760. The van der Waals surface area contributed by atoms with Crippen molar-refractivity contribution in [2.45, 2.75) is 0 Å². The van der Waals surface area contributed by atoms with E-state index in [1.165, 1.54) is 95.3 Å². The Labute approximate surface area is 371 Å². The number of pyridine rings is 2. The Balaban J connectivity index is 0.911.